The normalized spacial score (nSPS) is 20.4. The summed E-state index contributed by atoms with van der Waals surface area (Å²) in [5.41, 5.74) is 2.21. The van der Waals surface area contributed by atoms with Crippen molar-refractivity contribution in [2.45, 2.75) is 45.1 Å². The zero-order valence-electron chi connectivity index (χ0n) is 14.6. The van der Waals surface area contributed by atoms with Gasteiger partial charge in [-0.2, -0.15) is 5.10 Å². The predicted molar refractivity (Wildman–Crippen MR) is 94.0 cm³/mol. The van der Waals surface area contributed by atoms with Gasteiger partial charge in [-0.25, -0.2) is 0 Å². The zero-order valence-corrected chi connectivity index (χ0v) is 14.6. The van der Waals surface area contributed by atoms with Gasteiger partial charge in [0.1, 0.15) is 6.10 Å². The zero-order chi connectivity index (χ0) is 17.5. The highest BCUT2D eigenvalue weighted by Crippen LogP contribution is 2.14. The largest absolute Gasteiger partial charge is 0.379 e. The molecule has 2 atom stereocenters. The number of benzene rings is 1. The fraction of sp³-hybridized carbons (Fsp3) is 0.474. The Hall–Kier alpha value is -2.18. The lowest BCUT2D eigenvalue weighted by Gasteiger charge is -2.32. The first-order chi connectivity index (χ1) is 12.2. The van der Waals surface area contributed by atoms with E-state index in [1.807, 2.05) is 43.5 Å². The minimum atomic E-state index is -0.121. The molecule has 2 heterocycles. The van der Waals surface area contributed by atoms with Crippen LogP contribution in [-0.4, -0.2) is 41.0 Å². The monoisotopic (exact) mass is 343 g/mol. The molecule has 25 heavy (non-hydrogen) atoms. The van der Waals surface area contributed by atoms with Crippen molar-refractivity contribution in [1.82, 2.24) is 15.1 Å². The van der Waals surface area contributed by atoms with E-state index in [1.165, 1.54) is 0 Å². The summed E-state index contributed by atoms with van der Waals surface area (Å²) in [6.07, 6.45) is 4.79. The maximum absolute atomic E-state index is 12.3. The van der Waals surface area contributed by atoms with E-state index in [0.29, 0.717) is 32.8 Å². The lowest BCUT2D eigenvalue weighted by molar-refractivity contribution is -0.126. The van der Waals surface area contributed by atoms with Crippen LogP contribution in [0.3, 0.4) is 0 Å². The van der Waals surface area contributed by atoms with Gasteiger partial charge in [-0.3, -0.25) is 9.48 Å². The number of carbonyl (C=O) groups excluding carboxylic acids is 1. The van der Waals surface area contributed by atoms with Gasteiger partial charge in [0.05, 0.1) is 25.5 Å². The Morgan fingerprint density at radius 1 is 1.40 bits per heavy atom. The van der Waals surface area contributed by atoms with Gasteiger partial charge in [-0.15, -0.1) is 0 Å². The smallest absolute Gasteiger partial charge is 0.222 e. The van der Waals surface area contributed by atoms with E-state index in [0.717, 1.165) is 17.5 Å². The molecule has 3 rings (SSSR count). The Morgan fingerprint density at radius 2 is 2.24 bits per heavy atom. The Labute approximate surface area is 148 Å². The minimum absolute atomic E-state index is 0.00989. The molecular formula is C19H25N3O3. The molecule has 1 fully saturated rings. The first-order valence-electron chi connectivity index (χ1n) is 8.72. The van der Waals surface area contributed by atoms with E-state index < -0.39 is 0 Å². The molecule has 0 aliphatic carbocycles. The second kappa shape index (κ2) is 8.78. The number of amides is 1. The van der Waals surface area contributed by atoms with Crippen molar-refractivity contribution in [1.29, 1.82) is 0 Å². The Kier molecular flexibility index (Phi) is 6.19. The van der Waals surface area contributed by atoms with Crippen molar-refractivity contribution in [3.05, 3.63) is 53.9 Å². The van der Waals surface area contributed by atoms with Crippen LogP contribution in [0, 0.1) is 6.92 Å². The third-order valence-electron chi connectivity index (χ3n) is 4.29. The van der Waals surface area contributed by atoms with Crippen LogP contribution >= 0.6 is 0 Å². The minimum Gasteiger partial charge on any atom is -0.379 e. The number of aryl methyl sites for hydroxylation is 2. The van der Waals surface area contributed by atoms with E-state index in [2.05, 4.69) is 10.4 Å². The van der Waals surface area contributed by atoms with Crippen molar-refractivity contribution in [3.63, 3.8) is 0 Å². The van der Waals surface area contributed by atoms with Crippen molar-refractivity contribution in [2.24, 2.45) is 0 Å². The molecule has 1 amide bonds. The molecule has 1 aliphatic rings. The fourth-order valence-corrected chi connectivity index (χ4v) is 2.90. The molecule has 1 aliphatic heterocycles. The van der Waals surface area contributed by atoms with Gasteiger partial charge in [0, 0.05) is 25.8 Å². The number of rotatable bonds is 7. The van der Waals surface area contributed by atoms with Crippen molar-refractivity contribution < 1.29 is 14.3 Å². The maximum atomic E-state index is 12.3. The summed E-state index contributed by atoms with van der Waals surface area (Å²) in [6, 6.07) is 10.0. The van der Waals surface area contributed by atoms with E-state index in [4.69, 9.17) is 9.47 Å². The molecule has 0 spiro atoms. The third-order valence-corrected chi connectivity index (χ3v) is 4.29. The summed E-state index contributed by atoms with van der Waals surface area (Å²) in [5, 5.41) is 7.30. The van der Waals surface area contributed by atoms with Gasteiger partial charge in [0.2, 0.25) is 5.91 Å². The van der Waals surface area contributed by atoms with Crippen molar-refractivity contribution >= 4 is 5.91 Å². The maximum Gasteiger partial charge on any atom is 0.222 e. The number of hydrogen-bond donors (Lipinski definition) is 1. The summed E-state index contributed by atoms with van der Waals surface area (Å²) >= 11 is 0. The van der Waals surface area contributed by atoms with Crippen molar-refractivity contribution in [2.75, 3.05) is 13.2 Å². The Morgan fingerprint density at radius 3 is 3.00 bits per heavy atom. The van der Waals surface area contributed by atoms with Crippen LogP contribution in [0.2, 0.25) is 0 Å². The van der Waals surface area contributed by atoms with E-state index in [-0.39, 0.29) is 18.1 Å². The van der Waals surface area contributed by atoms with Gasteiger partial charge in [0.15, 0.2) is 0 Å². The van der Waals surface area contributed by atoms with Crippen LogP contribution in [0.15, 0.2) is 42.7 Å². The molecule has 0 radical (unpaired) electrons. The summed E-state index contributed by atoms with van der Waals surface area (Å²) < 4.78 is 13.3. The molecule has 0 unspecified atom stereocenters. The number of aromatic nitrogens is 2. The first kappa shape index (κ1) is 17.6. The van der Waals surface area contributed by atoms with Gasteiger partial charge in [-0.05, 0) is 24.5 Å². The van der Waals surface area contributed by atoms with Crippen LogP contribution in [0.5, 0.6) is 0 Å². The van der Waals surface area contributed by atoms with E-state index in [1.54, 1.807) is 10.9 Å². The van der Waals surface area contributed by atoms with E-state index in [9.17, 15) is 4.79 Å². The molecule has 1 saturated heterocycles. The van der Waals surface area contributed by atoms with Gasteiger partial charge >= 0.3 is 0 Å². The predicted octanol–water partition coefficient (Wildman–Crippen LogP) is 2.07. The lowest BCUT2D eigenvalue weighted by Crippen LogP contribution is -2.50. The molecule has 6 heteroatoms. The van der Waals surface area contributed by atoms with Gasteiger partial charge in [-0.1, -0.05) is 30.3 Å². The molecule has 0 bridgehead atoms. The highest BCUT2D eigenvalue weighted by atomic mass is 16.5. The molecule has 1 N–H and O–H groups in total. The number of hydrogen-bond acceptors (Lipinski definition) is 4. The van der Waals surface area contributed by atoms with Crippen LogP contribution in [0.25, 0.3) is 0 Å². The van der Waals surface area contributed by atoms with Crippen LogP contribution in [0.4, 0.5) is 0 Å². The average molecular weight is 343 g/mol. The van der Waals surface area contributed by atoms with Crippen LogP contribution in [0.1, 0.15) is 24.0 Å². The first-order valence-corrected chi connectivity index (χ1v) is 8.72. The quantitative estimate of drug-likeness (QED) is 0.836. The molecule has 6 nitrogen and oxygen atoms in total. The summed E-state index contributed by atoms with van der Waals surface area (Å²) in [6.45, 7) is 4.25. The van der Waals surface area contributed by atoms with Gasteiger partial charge < -0.3 is 14.8 Å². The third kappa shape index (κ3) is 5.41. The fourth-order valence-electron chi connectivity index (χ4n) is 2.90. The number of ether oxygens (including phenoxy) is 2. The standard InChI is InChI=1S/C19H25N3O3/c1-15-11-20-22(12-15)9-7-19(23)21-17-8-10-24-14-18(17)25-13-16-5-3-2-4-6-16/h2-6,11-12,17-18H,7-10,13-14H2,1H3,(H,21,23)/t17-,18-/m1/s1. The van der Waals surface area contributed by atoms with Crippen LogP contribution < -0.4 is 5.32 Å². The summed E-state index contributed by atoms with van der Waals surface area (Å²) in [5.74, 6) is 0.0216. The molecular weight excluding hydrogens is 318 g/mol. The summed E-state index contributed by atoms with van der Waals surface area (Å²) in [7, 11) is 0. The SMILES string of the molecule is Cc1cnn(CCC(=O)N[C@@H]2CCOC[C@H]2OCc2ccccc2)c1. The molecule has 0 saturated carbocycles. The number of nitrogens with one attached hydrogen (secondary N) is 1. The molecule has 1 aromatic carbocycles. The second-order valence-electron chi connectivity index (χ2n) is 6.40. The van der Waals surface area contributed by atoms with Crippen molar-refractivity contribution in [3.8, 4) is 0 Å². The molecule has 2 aromatic rings. The van der Waals surface area contributed by atoms with Gasteiger partial charge in [0.25, 0.3) is 0 Å². The molecule has 134 valence electrons. The molecule has 1 aromatic heterocycles. The summed E-state index contributed by atoms with van der Waals surface area (Å²) in [4.78, 5) is 12.3. The van der Waals surface area contributed by atoms with E-state index >= 15 is 0 Å². The topological polar surface area (TPSA) is 65.4 Å². The Bertz CT molecular complexity index is 672. The number of nitrogens with zero attached hydrogens (tertiary/aromatic N) is 2. The Balaban J connectivity index is 1.47. The second-order valence-corrected chi connectivity index (χ2v) is 6.40. The average Bonchev–Trinajstić information content (AvgIpc) is 3.05. The lowest BCUT2D eigenvalue weighted by atomic mass is 10.1. The number of carbonyl (C=O) groups is 1. The highest BCUT2D eigenvalue weighted by molar-refractivity contribution is 5.76. The van der Waals surface area contributed by atoms with Crippen LogP contribution in [-0.2, 0) is 27.4 Å². The highest BCUT2D eigenvalue weighted by Gasteiger charge is 2.27.